The van der Waals surface area contributed by atoms with E-state index in [1.54, 1.807) is 0 Å². The number of carbonyl (C=O) groups is 2. The van der Waals surface area contributed by atoms with Gasteiger partial charge in [-0.2, -0.15) is 0 Å². The minimum atomic E-state index is -0.870. The number of hydrogen-bond acceptors (Lipinski definition) is 2. The maximum absolute atomic E-state index is 9.90. The third kappa shape index (κ3) is 6.94. The van der Waals surface area contributed by atoms with Gasteiger partial charge in [0.15, 0.2) is 0 Å². The van der Waals surface area contributed by atoms with Gasteiger partial charge in [0.25, 0.3) is 0 Å². The number of hydrogen-bond donors (Lipinski definition) is 2. The Labute approximate surface area is 58.5 Å². The van der Waals surface area contributed by atoms with Gasteiger partial charge in [0.05, 0.1) is 0 Å². The van der Waals surface area contributed by atoms with E-state index in [2.05, 4.69) is 0 Å². The molecule has 0 heterocycles. The lowest BCUT2D eigenvalue weighted by atomic mass is 11.2. The molecule has 0 spiro atoms. The number of rotatable bonds is 5. The summed E-state index contributed by atoms with van der Waals surface area (Å²) < 4.78 is 0. The minimum Gasteiger partial charge on any atom is -0.481 e. The Morgan fingerprint density at radius 1 is 0.900 bits per heavy atom. The van der Waals surface area contributed by atoms with Crippen molar-refractivity contribution in [2.24, 2.45) is 0 Å². The molecule has 0 atom stereocenters. The molecule has 4 nitrogen and oxygen atoms in total. The molecule has 0 saturated carbocycles. The smallest absolute Gasteiger partial charge is 0.303 e. The number of carboxylic acid groups (broad SMARTS) is 2. The second kappa shape index (κ2) is 4.78. The summed E-state index contributed by atoms with van der Waals surface area (Å²) in [4.78, 5) is 19.8. The highest BCUT2D eigenvalue weighted by Gasteiger charge is 1.99. The highest BCUT2D eigenvalue weighted by atomic mass is 16.5. The van der Waals surface area contributed by atoms with Crippen molar-refractivity contribution in [2.45, 2.75) is 25.7 Å². The lowest BCUT2D eigenvalue weighted by Gasteiger charge is -1.92. The standard InChI is InChI=1S/C6H10O4/c7-5(8)3-1-2-4-6(9)10/h1-4H2,(H,7,8)(H,9,10)/i1+1,2+1,3+1,4+1,5+1,6+1. The van der Waals surface area contributed by atoms with Gasteiger partial charge in [-0.25, -0.2) is 0 Å². The fourth-order valence-electron chi connectivity index (χ4n) is 0.552. The first-order chi connectivity index (χ1) is 4.63. The Morgan fingerprint density at radius 3 is 1.40 bits per heavy atom. The summed E-state index contributed by atoms with van der Waals surface area (Å²) in [5.41, 5.74) is 0. The highest BCUT2D eigenvalue weighted by Crippen LogP contribution is 1.98. The summed E-state index contributed by atoms with van der Waals surface area (Å²) >= 11 is 0. The van der Waals surface area contributed by atoms with Crippen LogP contribution in [0.25, 0.3) is 0 Å². The van der Waals surface area contributed by atoms with Crippen molar-refractivity contribution in [3.8, 4) is 0 Å². The van der Waals surface area contributed by atoms with Gasteiger partial charge in [-0.05, 0) is 12.8 Å². The van der Waals surface area contributed by atoms with Crippen LogP contribution in [0.5, 0.6) is 0 Å². The molecular weight excluding hydrogens is 142 g/mol. The summed E-state index contributed by atoms with van der Waals surface area (Å²) in [5.74, 6) is -1.74. The quantitative estimate of drug-likeness (QED) is 0.449. The molecule has 4 heteroatoms. The Morgan fingerprint density at radius 2 is 1.20 bits per heavy atom. The second-order valence-corrected chi connectivity index (χ2v) is 1.99. The number of unbranched alkanes of at least 4 members (excludes halogenated alkanes) is 1. The molecule has 0 aliphatic rings. The van der Waals surface area contributed by atoms with Crippen LogP contribution < -0.4 is 0 Å². The number of aliphatic carboxylic acids is 2. The zero-order valence-corrected chi connectivity index (χ0v) is 5.54. The van der Waals surface area contributed by atoms with Gasteiger partial charge in [0, 0.05) is 12.8 Å². The van der Waals surface area contributed by atoms with Gasteiger partial charge in [-0.3, -0.25) is 9.59 Å². The number of carboxylic acids is 2. The van der Waals surface area contributed by atoms with Crippen LogP contribution in [0.3, 0.4) is 0 Å². The van der Waals surface area contributed by atoms with Crippen molar-refractivity contribution in [3.05, 3.63) is 0 Å². The van der Waals surface area contributed by atoms with Crippen molar-refractivity contribution >= 4 is 11.9 Å². The van der Waals surface area contributed by atoms with Gasteiger partial charge in [-0.15, -0.1) is 0 Å². The lowest BCUT2D eigenvalue weighted by molar-refractivity contribution is -0.139. The molecule has 0 aliphatic heterocycles. The molecule has 0 aromatic rings. The average Bonchev–Trinajstić information content (AvgIpc) is 1.79. The van der Waals surface area contributed by atoms with Crippen LogP contribution in [0.15, 0.2) is 0 Å². The first kappa shape index (κ1) is 8.94. The van der Waals surface area contributed by atoms with E-state index in [1.165, 1.54) is 0 Å². The molecule has 58 valence electrons. The molecule has 2 N–H and O–H groups in total. The normalized spacial score (nSPS) is 9.20. The van der Waals surface area contributed by atoms with Crippen molar-refractivity contribution in [1.82, 2.24) is 0 Å². The van der Waals surface area contributed by atoms with Crippen LogP contribution in [0.1, 0.15) is 25.7 Å². The molecule has 0 saturated heterocycles. The van der Waals surface area contributed by atoms with Gasteiger partial charge in [-0.1, -0.05) is 0 Å². The molecule has 0 aromatic heterocycles. The van der Waals surface area contributed by atoms with Crippen LogP contribution in [-0.4, -0.2) is 22.2 Å². The van der Waals surface area contributed by atoms with Crippen molar-refractivity contribution < 1.29 is 19.8 Å². The molecule has 0 radical (unpaired) electrons. The average molecular weight is 152 g/mol. The Kier molecular flexibility index (Phi) is 4.28. The largest absolute Gasteiger partial charge is 0.481 e. The van der Waals surface area contributed by atoms with Gasteiger partial charge in [0.1, 0.15) is 0 Å². The maximum Gasteiger partial charge on any atom is 0.303 e. The van der Waals surface area contributed by atoms with E-state index in [0.717, 1.165) is 0 Å². The monoisotopic (exact) mass is 152 g/mol. The van der Waals surface area contributed by atoms with E-state index in [0.29, 0.717) is 12.8 Å². The Hall–Kier alpha value is -1.06. The summed E-state index contributed by atoms with van der Waals surface area (Å²) in [6.45, 7) is 0. The molecular formula is C6H10O4. The highest BCUT2D eigenvalue weighted by molar-refractivity contribution is 5.67. The minimum absolute atomic E-state index is 0.0628. The molecule has 0 fully saturated rings. The molecule has 0 rings (SSSR count). The molecule has 0 bridgehead atoms. The van der Waals surface area contributed by atoms with Gasteiger partial charge in [0.2, 0.25) is 0 Å². The Balaban J connectivity index is 3.06. The zero-order valence-electron chi connectivity index (χ0n) is 5.54. The van der Waals surface area contributed by atoms with E-state index in [4.69, 9.17) is 10.2 Å². The Bertz CT molecular complexity index is 114. The lowest BCUT2D eigenvalue weighted by Crippen LogP contribution is -1.97. The van der Waals surface area contributed by atoms with Crippen molar-refractivity contribution in [2.75, 3.05) is 0 Å². The predicted octanol–water partition coefficient (Wildman–Crippen LogP) is 0.716. The summed E-state index contributed by atoms with van der Waals surface area (Å²) in [6.07, 6.45) is 1.02. The summed E-state index contributed by atoms with van der Waals surface area (Å²) in [6, 6.07) is 0. The van der Waals surface area contributed by atoms with Crippen LogP contribution in [0.4, 0.5) is 0 Å². The molecule has 0 unspecified atom stereocenters. The summed E-state index contributed by atoms with van der Waals surface area (Å²) in [7, 11) is 0. The van der Waals surface area contributed by atoms with Crippen molar-refractivity contribution in [1.29, 1.82) is 0 Å². The fraction of sp³-hybridized carbons (Fsp3) is 0.667. The molecule has 10 heavy (non-hydrogen) atoms. The third-order valence-corrected chi connectivity index (χ3v) is 1.03. The zero-order chi connectivity index (χ0) is 7.98. The van der Waals surface area contributed by atoms with E-state index in [1.807, 2.05) is 0 Å². The van der Waals surface area contributed by atoms with Gasteiger partial charge >= 0.3 is 11.9 Å². The third-order valence-electron chi connectivity index (χ3n) is 1.03. The van der Waals surface area contributed by atoms with Crippen LogP contribution in [-0.2, 0) is 9.59 Å². The van der Waals surface area contributed by atoms with Crippen molar-refractivity contribution in [3.63, 3.8) is 0 Å². The fourth-order valence-corrected chi connectivity index (χ4v) is 0.552. The second-order valence-electron chi connectivity index (χ2n) is 1.99. The van der Waals surface area contributed by atoms with Crippen LogP contribution >= 0.6 is 0 Å². The molecule has 0 aromatic carbocycles. The first-order valence-electron chi connectivity index (χ1n) is 3.06. The van der Waals surface area contributed by atoms with Gasteiger partial charge < -0.3 is 10.2 Å². The topological polar surface area (TPSA) is 74.6 Å². The maximum atomic E-state index is 9.90. The van der Waals surface area contributed by atoms with Crippen LogP contribution in [0.2, 0.25) is 0 Å². The van der Waals surface area contributed by atoms with E-state index >= 15 is 0 Å². The van der Waals surface area contributed by atoms with E-state index < -0.39 is 11.9 Å². The molecule has 0 amide bonds. The molecule has 0 aliphatic carbocycles. The van der Waals surface area contributed by atoms with E-state index in [-0.39, 0.29) is 12.8 Å². The predicted molar refractivity (Wildman–Crippen MR) is 33.7 cm³/mol. The summed E-state index contributed by atoms with van der Waals surface area (Å²) in [5, 5.41) is 16.3. The van der Waals surface area contributed by atoms with E-state index in [9.17, 15) is 9.59 Å². The first-order valence-corrected chi connectivity index (χ1v) is 3.06. The van der Waals surface area contributed by atoms with Crippen LogP contribution in [0, 0.1) is 0 Å². The SMILES string of the molecule is O=[13C](O)[13CH2][13CH2][13CH2][13CH2][13C](=O)O.